The van der Waals surface area contributed by atoms with Crippen LogP contribution < -0.4 is 30.2 Å². The van der Waals surface area contributed by atoms with E-state index in [-0.39, 0.29) is 39.6 Å². The highest BCUT2D eigenvalue weighted by Gasteiger charge is 2.15. The summed E-state index contributed by atoms with van der Waals surface area (Å²) in [6.45, 7) is 3.79. The summed E-state index contributed by atoms with van der Waals surface area (Å²) >= 11 is 0. The third-order valence-corrected chi connectivity index (χ3v) is 5.84. The van der Waals surface area contributed by atoms with Crippen molar-refractivity contribution in [3.05, 3.63) is 108 Å². The second kappa shape index (κ2) is 14.2. The van der Waals surface area contributed by atoms with Crippen LogP contribution in [0, 0.1) is 0 Å². The summed E-state index contributed by atoms with van der Waals surface area (Å²) in [6, 6.07) is 22.2. The van der Waals surface area contributed by atoms with Gasteiger partial charge in [0.05, 0.1) is 0 Å². The van der Waals surface area contributed by atoms with Crippen molar-refractivity contribution in [1.82, 2.24) is 0 Å². The fourth-order valence-electron chi connectivity index (χ4n) is 3.97. The van der Waals surface area contributed by atoms with Crippen LogP contribution in [0.5, 0.6) is 17.2 Å². The first-order valence-corrected chi connectivity index (χ1v) is 13.4. The minimum atomic E-state index is -0.557. The van der Waals surface area contributed by atoms with Gasteiger partial charge in [0.1, 0.15) is 17.2 Å². The molecule has 3 N–H and O–H groups in total. The fourth-order valence-corrected chi connectivity index (χ4v) is 3.97. The first-order chi connectivity index (χ1) is 21.4. The maximum atomic E-state index is 13.2. The first kappa shape index (κ1) is 31.6. The average Bonchev–Trinajstić information content (AvgIpc) is 2.98. The molecule has 4 aromatic rings. The number of nitrogens with one attached hydrogen (secondary N) is 3. The number of hydrogen-bond donors (Lipinski definition) is 3. The number of carbonyl (C=O) groups is 6. The number of esters is 3. The molecule has 0 saturated heterocycles. The standard InChI is InChI=1S/C33H27N3O9/c1-19(37)43-28-10-4-22(5-11-28)31(40)35-26-16-24(33(42)34-25-8-14-30(15-9-25)45-21(3)39)17-27(18-26)36-32(41)23-6-12-29(13-7-23)44-20(2)38/h4-18H,1-3H3,(H,34,42)(H,35,40)(H,36,41). The zero-order chi connectivity index (χ0) is 32.5. The van der Waals surface area contributed by atoms with Crippen LogP contribution in [0.2, 0.25) is 0 Å². The van der Waals surface area contributed by atoms with E-state index in [0.717, 1.165) is 0 Å². The molecule has 0 heterocycles. The van der Waals surface area contributed by atoms with E-state index in [2.05, 4.69) is 16.0 Å². The van der Waals surface area contributed by atoms with E-state index in [1.54, 1.807) is 12.1 Å². The number of ether oxygens (including phenoxy) is 3. The molecule has 0 fully saturated rings. The zero-order valence-corrected chi connectivity index (χ0v) is 24.3. The van der Waals surface area contributed by atoms with Crippen molar-refractivity contribution in [2.75, 3.05) is 16.0 Å². The van der Waals surface area contributed by atoms with E-state index < -0.39 is 35.6 Å². The molecule has 4 aromatic carbocycles. The second-order valence-electron chi connectivity index (χ2n) is 9.52. The Balaban J connectivity index is 1.58. The summed E-state index contributed by atoms with van der Waals surface area (Å²) < 4.78 is 15.0. The molecule has 0 bridgehead atoms. The SMILES string of the molecule is CC(=O)Oc1ccc(NC(=O)c2cc(NC(=O)c3ccc(OC(C)=O)cc3)cc(NC(=O)c3ccc(OC(C)=O)cc3)c2)cc1. The van der Waals surface area contributed by atoms with Gasteiger partial charge < -0.3 is 30.2 Å². The Labute approximate surface area is 257 Å². The molecular formula is C33H27N3O9. The number of anilines is 3. The number of hydrogen-bond acceptors (Lipinski definition) is 9. The lowest BCUT2D eigenvalue weighted by molar-refractivity contribution is -0.132. The van der Waals surface area contributed by atoms with Crippen molar-refractivity contribution in [2.45, 2.75) is 20.8 Å². The molecular weight excluding hydrogens is 582 g/mol. The largest absolute Gasteiger partial charge is 0.427 e. The Morgan fingerprint density at radius 1 is 0.400 bits per heavy atom. The minimum absolute atomic E-state index is 0.0996. The molecule has 0 unspecified atom stereocenters. The summed E-state index contributed by atoms with van der Waals surface area (Å²) in [5.74, 6) is -2.26. The van der Waals surface area contributed by atoms with Crippen LogP contribution in [0.15, 0.2) is 91.0 Å². The van der Waals surface area contributed by atoms with Gasteiger partial charge in [0, 0.05) is 54.5 Å². The number of rotatable bonds is 9. The van der Waals surface area contributed by atoms with Crippen LogP contribution in [-0.4, -0.2) is 35.6 Å². The molecule has 0 aliphatic rings. The quantitative estimate of drug-likeness (QED) is 0.170. The molecule has 0 saturated carbocycles. The van der Waals surface area contributed by atoms with E-state index in [1.165, 1.54) is 99.6 Å². The molecule has 0 aliphatic heterocycles. The zero-order valence-electron chi connectivity index (χ0n) is 24.3. The Morgan fingerprint density at radius 3 is 1.07 bits per heavy atom. The van der Waals surface area contributed by atoms with Crippen molar-refractivity contribution < 1.29 is 43.0 Å². The van der Waals surface area contributed by atoms with Crippen molar-refractivity contribution in [3.8, 4) is 17.2 Å². The fraction of sp³-hybridized carbons (Fsp3) is 0.0909. The van der Waals surface area contributed by atoms with Gasteiger partial charge in [0.2, 0.25) is 0 Å². The van der Waals surface area contributed by atoms with Crippen LogP contribution >= 0.6 is 0 Å². The van der Waals surface area contributed by atoms with Crippen LogP contribution in [0.4, 0.5) is 17.1 Å². The topological polar surface area (TPSA) is 166 Å². The van der Waals surface area contributed by atoms with Crippen LogP contribution in [0.1, 0.15) is 51.8 Å². The van der Waals surface area contributed by atoms with Crippen molar-refractivity contribution in [3.63, 3.8) is 0 Å². The van der Waals surface area contributed by atoms with E-state index in [4.69, 9.17) is 14.2 Å². The van der Waals surface area contributed by atoms with Gasteiger partial charge in [-0.15, -0.1) is 0 Å². The third kappa shape index (κ3) is 9.35. The van der Waals surface area contributed by atoms with Gasteiger partial charge in [-0.25, -0.2) is 0 Å². The summed E-state index contributed by atoms with van der Waals surface area (Å²) in [5.41, 5.74) is 1.38. The Hall–Kier alpha value is -6.30. The van der Waals surface area contributed by atoms with Crippen molar-refractivity contribution in [2.24, 2.45) is 0 Å². The van der Waals surface area contributed by atoms with Gasteiger partial charge >= 0.3 is 17.9 Å². The van der Waals surface area contributed by atoms with E-state index >= 15 is 0 Å². The number of benzene rings is 4. The molecule has 3 amide bonds. The van der Waals surface area contributed by atoms with Crippen molar-refractivity contribution in [1.29, 1.82) is 0 Å². The van der Waals surface area contributed by atoms with Gasteiger partial charge in [-0.3, -0.25) is 28.8 Å². The molecule has 4 rings (SSSR count). The van der Waals surface area contributed by atoms with Gasteiger partial charge in [0.15, 0.2) is 0 Å². The molecule has 12 heteroatoms. The molecule has 0 aliphatic carbocycles. The molecule has 0 aromatic heterocycles. The molecule has 228 valence electrons. The molecule has 45 heavy (non-hydrogen) atoms. The van der Waals surface area contributed by atoms with Gasteiger partial charge in [-0.2, -0.15) is 0 Å². The molecule has 12 nitrogen and oxygen atoms in total. The van der Waals surface area contributed by atoms with Crippen LogP contribution in [0.25, 0.3) is 0 Å². The van der Waals surface area contributed by atoms with E-state index in [0.29, 0.717) is 11.4 Å². The number of carbonyl (C=O) groups excluding carboxylic acids is 6. The summed E-state index contributed by atoms with van der Waals surface area (Å²) in [4.78, 5) is 72.8. The van der Waals surface area contributed by atoms with Gasteiger partial charge in [-0.1, -0.05) is 0 Å². The van der Waals surface area contributed by atoms with Crippen LogP contribution in [0.3, 0.4) is 0 Å². The van der Waals surface area contributed by atoms with Gasteiger partial charge in [-0.05, 0) is 91.0 Å². The average molecular weight is 610 g/mol. The maximum Gasteiger partial charge on any atom is 0.308 e. The lowest BCUT2D eigenvalue weighted by atomic mass is 10.1. The molecule has 0 radical (unpaired) electrons. The smallest absolute Gasteiger partial charge is 0.308 e. The summed E-state index contributed by atoms with van der Waals surface area (Å²) in [6.07, 6.45) is 0. The third-order valence-electron chi connectivity index (χ3n) is 5.84. The monoisotopic (exact) mass is 609 g/mol. The van der Waals surface area contributed by atoms with E-state index in [1.807, 2.05) is 0 Å². The number of amides is 3. The highest BCUT2D eigenvalue weighted by Crippen LogP contribution is 2.24. The Bertz CT molecular complexity index is 1670. The second-order valence-corrected chi connectivity index (χ2v) is 9.52. The summed E-state index contributed by atoms with van der Waals surface area (Å²) in [7, 11) is 0. The Morgan fingerprint density at radius 2 is 0.711 bits per heavy atom. The maximum absolute atomic E-state index is 13.2. The normalized spacial score (nSPS) is 10.2. The highest BCUT2D eigenvalue weighted by molar-refractivity contribution is 6.10. The Kier molecular flexibility index (Phi) is 10.0. The van der Waals surface area contributed by atoms with Crippen molar-refractivity contribution >= 4 is 52.7 Å². The molecule has 0 atom stereocenters. The first-order valence-electron chi connectivity index (χ1n) is 13.4. The van der Waals surface area contributed by atoms with E-state index in [9.17, 15) is 28.8 Å². The predicted octanol–water partition coefficient (Wildman–Crippen LogP) is 5.22. The lowest BCUT2D eigenvalue weighted by Crippen LogP contribution is -2.17. The van der Waals surface area contributed by atoms with Gasteiger partial charge in [0.25, 0.3) is 17.7 Å². The highest BCUT2D eigenvalue weighted by atomic mass is 16.5. The summed E-state index contributed by atoms with van der Waals surface area (Å²) in [5, 5.41) is 8.13. The van der Waals surface area contributed by atoms with Crippen LogP contribution in [-0.2, 0) is 14.4 Å². The predicted molar refractivity (Wildman–Crippen MR) is 164 cm³/mol. The lowest BCUT2D eigenvalue weighted by Gasteiger charge is -2.13. The minimum Gasteiger partial charge on any atom is -0.427 e. The molecule has 0 spiro atoms.